The van der Waals surface area contributed by atoms with Gasteiger partial charge in [0.25, 0.3) is 0 Å². The molecular weight excluding hydrogens is 280 g/mol. The van der Waals surface area contributed by atoms with Crippen LogP contribution in [0.1, 0.15) is 60.8 Å². The summed E-state index contributed by atoms with van der Waals surface area (Å²) in [6.07, 6.45) is 2.62. The van der Waals surface area contributed by atoms with Crippen molar-refractivity contribution in [1.29, 1.82) is 0 Å². The second kappa shape index (κ2) is 5.79. The molecule has 0 radical (unpaired) electrons. The number of esters is 1. The third-order valence-corrected chi connectivity index (χ3v) is 5.33. The molecule has 0 aromatic rings. The number of ether oxygens (including phenoxy) is 3. The maximum atomic E-state index is 12.6. The van der Waals surface area contributed by atoms with Crippen LogP contribution in [0.2, 0.25) is 0 Å². The molecule has 128 valence electrons. The standard InChI is InChI=1S/C18H32O4/c1-12-8-9-13-17(5,6)14(19)21-15(22-16(2,3)4)18(13,10-12)11-20-7/h12-13,15H,8-11H2,1-7H3. The number of methoxy groups -OCH3 is 1. The average molecular weight is 312 g/mol. The molecular formula is C18H32O4. The fourth-order valence-corrected chi connectivity index (χ4v) is 4.44. The molecule has 0 N–H and O–H groups in total. The lowest BCUT2D eigenvalue weighted by Crippen LogP contribution is -2.63. The summed E-state index contributed by atoms with van der Waals surface area (Å²) in [4.78, 5) is 12.6. The molecule has 4 nitrogen and oxygen atoms in total. The first-order chi connectivity index (χ1) is 10.0. The van der Waals surface area contributed by atoms with E-state index in [4.69, 9.17) is 14.2 Å². The van der Waals surface area contributed by atoms with Gasteiger partial charge in [0.05, 0.1) is 23.0 Å². The van der Waals surface area contributed by atoms with Crippen molar-refractivity contribution in [2.75, 3.05) is 13.7 Å². The summed E-state index contributed by atoms with van der Waals surface area (Å²) in [5.41, 5.74) is -1.11. The molecule has 4 heteroatoms. The zero-order valence-corrected chi connectivity index (χ0v) is 15.2. The summed E-state index contributed by atoms with van der Waals surface area (Å²) < 4.78 is 17.6. The van der Waals surface area contributed by atoms with Crippen molar-refractivity contribution >= 4 is 5.97 Å². The Balaban J connectivity index is 2.45. The molecule has 1 aliphatic carbocycles. The van der Waals surface area contributed by atoms with Gasteiger partial charge in [-0.1, -0.05) is 13.3 Å². The minimum atomic E-state index is -0.527. The van der Waals surface area contributed by atoms with Crippen molar-refractivity contribution in [1.82, 2.24) is 0 Å². The van der Waals surface area contributed by atoms with E-state index in [0.29, 0.717) is 12.5 Å². The van der Waals surface area contributed by atoms with Gasteiger partial charge >= 0.3 is 5.97 Å². The Bertz CT molecular complexity index is 423. The number of fused-ring (bicyclic) bond motifs is 1. The van der Waals surface area contributed by atoms with E-state index in [1.54, 1.807) is 7.11 Å². The zero-order chi connectivity index (χ0) is 16.8. The van der Waals surface area contributed by atoms with E-state index in [2.05, 4.69) is 6.92 Å². The molecule has 2 rings (SSSR count). The first-order valence-corrected chi connectivity index (χ1v) is 8.41. The number of hydrogen-bond donors (Lipinski definition) is 0. The fraction of sp³-hybridized carbons (Fsp3) is 0.944. The van der Waals surface area contributed by atoms with Gasteiger partial charge in [0.2, 0.25) is 6.29 Å². The number of carbonyl (C=O) groups excluding carboxylic acids is 1. The Morgan fingerprint density at radius 1 is 1.27 bits per heavy atom. The molecule has 0 bridgehead atoms. The van der Waals surface area contributed by atoms with Gasteiger partial charge in [-0.25, -0.2) is 0 Å². The molecule has 2 aliphatic rings. The predicted octanol–water partition coefficient (Wildman–Crippen LogP) is 3.78. The Morgan fingerprint density at radius 3 is 2.45 bits per heavy atom. The quantitative estimate of drug-likeness (QED) is 0.744. The Morgan fingerprint density at radius 2 is 1.91 bits per heavy atom. The monoisotopic (exact) mass is 312 g/mol. The van der Waals surface area contributed by atoms with Crippen LogP contribution in [0.4, 0.5) is 0 Å². The molecule has 4 atom stereocenters. The highest BCUT2D eigenvalue weighted by molar-refractivity contribution is 5.77. The molecule has 4 unspecified atom stereocenters. The highest BCUT2D eigenvalue weighted by Gasteiger charge is 2.62. The SMILES string of the molecule is COCC12CC(C)CCC1C(C)(C)C(=O)OC2OC(C)(C)C. The highest BCUT2D eigenvalue weighted by atomic mass is 16.7. The topological polar surface area (TPSA) is 44.8 Å². The van der Waals surface area contributed by atoms with Gasteiger partial charge in [-0.15, -0.1) is 0 Å². The Hall–Kier alpha value is -0.610. The van der Waals surface area contributed by atoms with Gasteiger partial charge in [-0.05, 0) is 59.3 Å². The van der Waals surface area contributed by atoms with Crippen LogP contribution >= 0.6 is 0 Å². The molecule has 0 aromatic carbocycles. The highest BCUT2D eigenvalue weighted by Crippen LogP contribution is 2.58. The maximum Gasteiger partial charge on any atom is 0.314 e. The fourth-order valence-electron chi connectivity index (χ4n) is 4.44. The van der Waals surface area contributed by atoms with E-state index < -0.39 is 11.7 Å². The molecule has 0 amide bonds. The van der Waals surface area contributed by atoms with Gasteiger partial charge in [0, 0.05) is 7.11 Å². The second-order valence-corrected chi connectivity index (χ2v) is 8.79. The Labute approximate surface area is 134 Å². The van der Waals surface area contributed by atoms with Crippen molar-refractivity contribution in [2.24, 2.45) is 22.7 Å². The van der Waals surface area contributed by atoms with Crippen molar-refractivity contribution in [3.8, 4) is 0 Å². The third-order valence-electron chi connectivity index (χ3n) is 5.33. The van der Waals surface area contributed by atoms with Gasteiger partial charge in [0.15, 0.2) is 0 Å². The van der Waals surface area contributed by atoms with Gasteiger partial charge in [-0.3, -0.25) is 4.79 Å². The first kappa shape index (κ1) is 17.7. The lowest BCUT2D eigenvalue weighted by Gasteiger charge is -2.58. The third kappa shape index (κ3) is 3.05. The van der Waals surface area contributed by atoms with E-state index in [9.17, 15) is 4.79 Å². The first-order valence-electron chi connectivity index (χ1n) is 8.41. The van der Waals surface area contributed by atoms with Crippen LogP contribution in [0.5, 0.6) is 0 Å². The van der Waals surface area contributed by atoms with Crippen LogP contribution < -0.4 is 0 Å². The smallest absolute Gasteiger partial charge is 0.314 e. The summed E-state index contributed by atoms with van der Waals surface area (Å²) in [7, 11) is 1.72. The van der Waals surface area contributed by atoms with E-state index in [0.717, 1.165) is 19.3 Å². The van der Waals surface area contributed by atoms with Gasteiger partial charge in [0.1, 0.15) is 0 Å². The Kier molecular flexibility index (Phi) is 4.67. The molecule has 0 aromatic heterocycles. The molecule has 1 aliphatic heterocycles. The molecule has 1 saturated carbocycles. The van der Waals surface area contributed by atoms with Crippen LogP contribution in [-0.2, 0) is 19.0 Å². The van der Waals surface area contributed by atoms with Crippen molar-refractivity contribution in [2.45, 2.75) is 72.7 Å². The summed E-state index contributed by atoms with van der Waals surface area (Å²) in [6.45, 7) is 12.9. The zero-order valence-electron chi connectivity index (χ0n) is 15.2. The summed E-state index contributed by atoms with van der Waals surface area (Å²) >= 11 is 0. The van der Waals surface area contributed by atoms with Gasteiger partial charge < -0.3 is 14.2 Å². The van der Waals surface area contributed by atoms with Crippen LogP contribution in [0, 0.1) is 22.7 Å². The molecule has 0 spiro atoms. The average Bonchev–Trinajstić information content (AvgIpc) is 2.34. The minimum absolute atomic E-state index is 0.145. The van der Waals surface area contributed by atoms with E-state index in [1.807, 2.05) is 34.6 Å². The number of rotatable bonds is 3. The number of hydrogen-bond acceptors (Lipinski definition) is 4. The predicted molar refractivity (Wildman–Crippen MR) is 85.3 cm³/mol. The molecule has 1 heterocycles. The van der Waals surface area contributed by atoms with E-state index >= 15 is 0 Å². The van der Waals surface area contributed by atoms with Crippen LogP contribution in [-0.4, -0.2) is 31.6 Å². The normalized spacial score (nSPS) is 38.3. The minimum Gasteiger partial charge on any atom is -0.435 e. The second-order valence-electron chi connectivity index (χ2n) is 8.79. The molecule has 2 fully saturated rings. The van der Waals surface area contributed by atoms with Gasteiger partial charge in [-0.2, -0.15) is 0 Å². The lowest BCUT2D eigenvalue weighted by atomic mass is 9.53. The summed E-state index contributed by atoms with van der Waals surface area (Å²) in [6, 6.07) is 0. The van der Waals surface area contributed by atoms with Crippen LogP contribution in [0.3, 0.4) is 0 Å². The maximum absolute atomic E-state index is 12.6. The largest absolute Gasteiger partial charge is 0.435 e. The van der Waals surface area contributed by atoms with Crippen LogP contribution in [0.25, 0.3) is 0 Å². The lowest BCUT2D eigenvalue weighted by molar-refractivity contribution is -0.305. The summed E-state index contributed by atoms with van der Waals surface area (Å²) in [5, 5.41) is 0. The number of carbonyl (C=O) groups is 1. The van der Waals surface area contributed by atoms with E-state index in [-0.39, 0.29) is 22.9 Å². The molecule has 1 saturated heterocycles. The van der Waals surface area contributed by atoms with Crippen molar-refractivity contribution in [3.63, 3.8) is 0 Å². The summed E-state index contributed by atoms with van der Waals surface area (Å²) in [5.74, 6) is 0.669. The van der Waals surface area contributed by atoms with Crippen molar-refractivity contribution < 1.29 is 19.0 Å². The number of cyclic esters (lactones) is 1. The van der Waals surface area contributed by atoms with Crippen molar-refractivity contribution in [3.05, 3.63) is 0 Å². The van der Waals surface area contributed by atoms with Crippen LogP contribution in [0.15, 0.2) is 0 Å². The molecule has 22 heavy (non-hydrogen) atoms. The van der Waals surface area contributed by atoms with E-state index in [1.165, 1.54) is 0 Å².